The van der Waals surface area contributed by atoms with Gasteiger partial charge in [0.15, 0.2) is 0 Å². The second kappa shape index (κ2) is 20.5. The van der Waals surface area contributed by atoms with Crippen LogP contribution in [0.3, 0.4) is 0 Å². The van der Waals surface area contributed by atoms with E-state index in [1.807, 2.05) is 27.7 Å². The fourth-order valence-electron chi connectivity index (χ4n) is 2.82. The summed E-state index contributed by atoms with van der Waals surface area (Å²) in [6, 6.07) is 23.1. The SMILES string of the molecule is Cc1ccc(S(=O)(=O)[O-])cc1.Cc1ccc(S(=O)(=O)[O-])cc1.Cc1ccc(S(=O)(=O)[O-])cc1.Cc1ccc(S(=O)(=O)[O-])cc1.[Ca+2].[Ca+2]. The molecule has 0 aliphatic rings. The summed E-state index contributed by atoms with van der Waals surface area (Å²) in [4.78, 5) is -0.711. The van der Waals surface area contributed by atoms with E-state index >= 15 is 0 Å². The first-order chi connectivity index (χ1) is 20.0. The molecular weight excluding hydrogens is 737 g/mol. The van der Waals surface area contributed by atoms with Crippen molar-refractivity contribution < 1.29 is 51.9 Å². The summed E-state index contributed by atoms with van der Waals surface area (Å²) in [5.74, 6) is 0. The van der Waals surface area contributed by atoms with Gasteiger partial charge in [0.05, 0.1) is 19.6 Å². The molecule has 46 heavy (non-hydrogen) atoms. The minimum absolute atomic E-state index is 0. The molecule has 0 N–H and O–H groups in total. The van der Waals surface area contributed by atoms with Gasteiger partial charge in [0.2, 0.25) is 0 Å². The van der Waals surface area contributed by atoms with E-state index in [2.05, 4.69) is 0 Å². The fraction of sp³-hybridized carbons (Fsp3) is 0.143. The molecule has 4 aromatic rings. The largest absolute Gasteiger partial charge is 2.00 e. The number of benzene rings is 4. The van der Waals surface area contributed by atoms with E-state index in [0.717, 1.165) is 22.3 Å². The second-order valence-electron chi connectivity index (χ2n) is 9.07. The number of hydrogen-bond donors (Lipinski definition) is 0. The molecule has 0 saturated carbocycles. The van der Waals surface area contributed by atoms with Crippen molar-refractivity contribution in [3.63, 3.8) is 0 Å². The molecule has 0 aliphatic carbocycles. The second-order valence-corrected chi connectivity index (χ2v) is 14.6. The Hall–Kier alpha value is -0.961. The van der Waals surface area contributed by atoms with Crippen LogP contribution >= 0.6 is 0 Å². The Balaban J connectivity index is 0. The molecule has 18 heteroatoms. The first-order valence-electron chi connectivity index (χ1n) is 12.1. The van der Waals surface area contributed by atoms with Crippen LogP contribution < -0.4 is 0 Å². The van der Waals surface area contributed by atoms with Crippen LogP contribution in [0.15, 0.2) is 117 Å². The Bertz CT molecular complexity index is 1650. The molecule has 0 bridgehead atoms. The van der Waals surface area contributed by atoms with E-state index in [-0.39, 0.29) is 95.1 Å². The zero-order valence-corrected chi connectivity index (χ0v) is 32.9. The summed E-state index contributed by atoms with van der Waals surface area (Å²) in [6.07, 6.45) is 0. The van der Waals surface area contributed by atoms with Crippen molar-refractivity contribution in [3.05, 3.63) is 119 Å². The zero-order valence-electron chi connectivity index (χ0n) is 25.2. The van der Waals surface area contributed by atoms with Crippen molar-refractivity contribution in [3.8, 4) is 0 Å². The Morgan fingerprint density at radius 1 is 0.304 bits per heavy atom. The molecule has 0 unspecified atom stereocenters. The van der Waals surface area contributed by atoms with Crippen LogP contribution in [0.25, 0.3) is 0 Å². The molecule has 0 heterocycles. The molecule has 0 saturated heterocycles. The smallest absolute Gasteiger partial charge is 0.744 e. The van der Waals surface area contributed by atoms with Crippen molar-refractivity contribution in [1.29, 1.82) is 0 Å². The summed E-state index contributed by atoms with van der Waals surface area (Å²) < 4.78 is 125. The normalized spacial score (nSPS) is 11.0. The molecule has 0 fully saturated rings. The third kappa shape index (κ3) is 19.1. The quantitative estimate of drug-likeness (QED) is 0.216. The molecule has 4 aromatic carbocycles. The maximum absolute atomic E-state index is 10.4. The van der Waals surface area contributed by atoms with Crippen molar-refractivity contribution >= 4 is 116 Å². The molecule has 0 spiro atoms. The Morgan fingerprint density at radius 3 is 0.500 bits per heavy atom. The maximum Gasteiger partial charge on any atom is 2.00 e. The third-order valence-electron chi connectivity index (χ3n) is 5.24. The van der Waals surface area contributed by atoms with Gasteiger partial charge in [-0.1, -0.05) is 70.8 Å². The molecule has 0 atom stereocenters. The number of aryl methyl sites for hydroxylation is 4. The van der Waals surface area contributed by atoms with Gasteiger partial charge in [0.1, 0.15) is 40.5 Å². The summed E-state index contributed by atoms with van der Waals surface area (Å²) in [7, 11) is -17.1. The van der Waals surface area contributed by atoms with Crippen LogP contribution in [0, 0.1) is 27.7 Å². The molecule has 0 aliphatic heterocycles. The number of hydrogen-bond acceptors (Lipinski definition) is 12. The molecule has 0 aromatic heterocycles. The Labute approximate surface area is 330 Å². The summed E-state index contributed by atoms with van der Waals surface area (Å²) in [6.45, 7) is 7.28. The van der Waals surface area contributed by atoms with Gasteiger partial charge >= 0.3 is 75.5 Å². The predicted molar refractivity (Wildman–Crippen MR) is 168 cm³/mol. The van der Waals surface area contributed by atoms with E-state index in [1.165, 1.54) is 48.5 Å². The molecule has 4 rings (SSSR count). The van der Waals surface area contributed by atoms with Crippen LogP contribution in [0.5, 0.6) is 0 Å². The van der Waals surface area contributed by atoms with Crippen LogP contribution in [-0.2, 0) is 40.5 Å². The minimum atomic E-state index is -4.27. The van der Waals surface area contributed by atoms with Gasteiger partial charge in [-0.25, -0.2) is 33.7 Å². The standard InChI is InChI=1S/4C7H8O3S.2Ca/c4*1-6-2-4-7(5-3-6)11(8,9)10;;/h4*2-5H,1H3,(H,8,9,10);;/q;;;;2*+2/p-4. The van der Waals surface area contributed by atoms with Crippen molar-refractivity contribution in [1.82, 2.24) is 0 Å². The first kappa shape index (κ1) is 47.2. The molecule has 240 valence electrons. The Morgan fingerprint density at radius 2 is 0.413 bits per heavy atom. The average Bonchev–Trinajstić information content (AvgIpc) is 2.89. The van der Waals surface area contributed by atoms with Crippen LogP contribution in [0.4, 0.5) is 0 Å². The van der Waals surface area contributed by atoms with Crippen molar-refractivity contribution in [2.75, 3.05) is 0 Å². The first-order valence-corrected chi connectivity index (χ1v) is 17.7. The van der Waals surface area contributed by atoms with Crippen LogP contribution in [0.1, 0.15) is 22.3 Å². The molecule has 12 nitrogen and oxygen atoms in total. The van der Waals surface area contributed by atoms with Gasteiger partial charge in [-0.2, -0.15) is 0 Å². The summed E-state index contributed by atoms with van der Waals surface area (Å²) >= 11 is 0. The average molecular weight is 765 g/mol. The molecular formula is C28H28Ca2O12S4. The van der Waals surface area contributed by atoms with E-state index in [1.54, 1.807) is 48.5 Å². The van der Waals surface area contributed by atoms with Crippen LogP contribution in [-0.4, -0.2) is 127 Å². The summed E-state index contributed by atoms with van der Waals surface area (Å²) in [5, 5.41) is 0. The number of rotatable bonds is 4. The van der Waals surface area contributed by atoms with Crippen molar-refractivity contribution in [2.24, 2.45) is 0 Å². The summed E-state index contributed by atoms with van der Waals surface area (Å²) in [5.41, 5.74) is 3.71. The van der Waals surface area contributed by atoms with Gasteiger partial charge in [-0.15, -0.1) is 0 Å². The van der Waals surface area contributed by atoms with Gasteiger partial charge in [0, 0.05) is 0 Å². The van der Waals surface area contributed by atoms with E-state index < -0.39 is 40.5 Å². The van der Waals surface area contributed by atoms with Gasteiger partial charge in [-0.05, 0) is 76.2 Å². The zero-order chi connectivity index (χ0) is 33.9. The van der Waals surface area contributed by atoms with E-state index in [9.17, 15) is 51.9 Å². The predicted octanol–water partition coefficient (Wildman–Crippen LogP) is 2.83. The van der Waals surface area contributed by atoms with E-state index in [4.69, 9.17) is 0 Å². The third-order valence-corrected chi connectivity index (χ3v) is 8.64. The molecule has 0 radical (unpaired) electrons. The van der Waals surface area contributed by atoms with Gasteiger partial charge in [0.25, 0.3) is 0 Å². The monoisotopic (exact) mass is 764 g/mol. The van der Waals surface area contributed by atoms with Crippen molar-refractivity contribution in [2.45, 2.75) is 47.3 Å². The van der Waals surface area contributed by atoms with Gasteiger partial charge < -0.3 is 18.2 Å². The maximum atomic E-state index is 10.4. The van der Waals surface area contributed by atoms with Crippen LogP contribution in [0.2, 0.25) is 0 Å². The molecule has 0 amide bonds. The topological polar surface area (TPSA) is 229 Å². The minimum Gasteiger partial charge on any atom is -0.744 e. The van der Waals surface area contributed by atoms with E-state index in [0.29, 0.717) is 0 Å². The fourth-order valence-corrected chi connectivity index (χ4v) is 4.70. The van der Waals surface area contributed by atoms with Gasteiger partial charge in [-0.3, -0.25) is 0 Å². The Kier molecular flexibility index (Phi) is 21.0.